The molecule has 4 atom stereocenters. The summed E-state index contributed by atoms with van der Waals surface area (Å²) < 4.78 is 7.01. The highest BCUT2D eigenvalue weighted by Crippen LogP contribution is 2.47. The van der Waals surface area contributed by atoms with Crippen LogP contribution in [0.15, 0.2) is 30.0 Å². The van der Waals surface area contributed by atoms with Gasteiger partial charge in [-0.3, -0.25) is 4.68 Å². The Hall–Kier alpha value is -1.91. The fraction of sp³-hybridized carbons (Fsp3) is 0.632. The Bertz CT molecular complexity index is 661. The van der Waals surface area contributed by atoms with Gasteiger partial charge in [0, 0.05) is 12.6 Å². The summed E-state index contributed by atoms with van der Waals surface area (Å²) in [4.78, 5) is 12.5. The van der Waals surface area contributed by atoms with E-state index in [4.69, 9.17) is 4.74 Å². The molecule has 0 unspecified atom stereocenters. The van der Waals surface area contributed by atoms with E-state index in [1.165, 1.54) is 18.4 Å². The minimum atomic E-state index is -0.296. The Morgan fingerprint density at radius 3 is 2.92 bits per heavy atom. The molecule has 0 N–H and O–H groups in total. The first kappa shape index (κ1) is 16.9. The van der Waals surface area contributed by atoms with Gasteiger partial charge < -0.3 is 4.74 Å². The SMILES string of the molecule is C=C(C(=O)OCc1cn(C)nn1)[C@@H]1CC[C@@H](C)[C@@H]2CCC(C)=C[C@@H]21. The molecule has 2 aliphatic carbocycles. The van der Waals surface area contributed by atoms with Crippen molar-refractivity contribution in [3.8, 4) is 0 Å². The maximum atomic E-state index is 12.5. The van der Waals surface area contributed by atoms with Gasteiger partial charge in [-0.15, -0.1) is 5.10 Å². The van der Waals surface area contributed by atoms with Crippen molar-refractivity contribution in [3.05, 3.63) is 35.7 Å². The third kappa shape index (κ3) is 3.45. The molecule has 0 spiro atoms. The van der Waals surface area contributed by atoms with Crippen molar-refractivity contribution in [2.75, 3.05) is 0 Å². The molecule has 0 bridgehead atoms. The van der Waals surface area contributed by atoms with Gasteiger partial charge in [-0.05, 0) is 56.3 Å². The molecule has 0 radical (unpaired) electrons. The van der Waals surface area contributed by atoms with Crippen molar-refractivity contribution >= 4 is 5.97 Å². The lowest BCUT2D eigenvalue weighted by molar-refractivity contribution is -0.141. The molecule has 0 saturated heterocycles. The average molecular weight is 329 g/mol. The molecule has 1 heterocycles. The van der Waals surface area contributed by atoms with Gasteiger partial charge in [-0.1, -0.05) is 30.4 Å². The fourth-order valence-electron chi connectivity index (χ4n) is 4.30. The first-order valence-electron chi connectivity index (χ1n) is 8.84. The van der Waals surface area contributed by atoms with Crippen molar-refractivity contribution in [1.82, 2.24) is 15.0 Å². The van der Waals surface area contributed by atoms with Gasteiger partial charge in [0.05, 0.1) is 6.20 Å². The second kappa shape index (κ2) is 6.91. The van der Waals surface area contributed by atoms with Crippen molar-refractivity contribution < 1.29 is 9.53 Å². The first-order chi connectivity index (χ1) is 11.5. The number of carbonyl (C=O) groups excluding carboxylic acids is 1. The van der Waals surface area contributed by atoms with Crippen LogP contribution in [0.4, 0.5) is 0 Å². The maximum absolute atomic E-state index is 12.5. The van der Waals surface area contributed by atoms with Crippen LogP contribution in [0.5, 0.6) is 0 Å². The van der Waals surface area contributed by atoms with E-state index in [0.717, 1.165) is 18.8 Å². The normalized spacial score (nSPS) is 29.5. The average Bonchev–Trinajstić information content (AvgIpc) is 2.97. The van der Waals surface area contributed by atoms with Crippen LogP contribution < -0.4 is 0 Å². The second-order valence-corrected chi connectivity index (χ2v) is 7.44. The Morgan fingerprint density at radius 2 is 2.21 bits per heavy atom. The molecule has 5 heteroatoms. The minimum Gasteiger partial charge on any atom is -0.456 e. The molecule has 1 fully saturated rings. The van der Waals surface area contributed by atoms with Gasteiger partial charge >= 0.3 is 5.97 Å². The highest BCUT2D eigenvalue weighted by Gasteiger charge is 2.40. The molecular formula is C19H27N3O2. The van der Waals surface area contributed by atoms with E-state index >= 15 is 0 Å². The van der Waals surface area contributed by atoms with Crippen LogP contribution in [0.25, 0.3) is 0 Å². The number of fused-ring (bicyclic) bond motifs is 1. The first-order valence-corrected chi connectivity index (χ1v) is 8.84. The summed E-state index contributed by atoms with van der Waals surface area (Å²) in [5, 5.41) is 7.79. The van der Waals surface area contributed by atoms with Gasteiger partial charge in [0.15, 0.2) is 0 Å². The zero-order valence-electron chi connectivity index (χ0n) is 14.9. The number of hydrogen-bond acceptors (Lipinski definition) is 4. The number of ether oxygens (including phenoxy) is 1. The smallest absolute Gasteiger partial charge is 0.334 e. The van der Waals surface area contributed by atoms with E-state index in [0.29, 0.717) is 23.1 Å². The van der Waals surface area contributed by atoms with E-state index in [2.05, 4.69) is 36.8 Å². The Kier molecular flexibility index (Phi) is 4.88. The van der Waals surface area contributed by atoms with Gasteiger partial charge in [0.1, 0.15) is 12.3 Å². The van der Waals surface area contributed by atoms with Gasteiger partial charge in [-0.25, -0.2) is 4.79 Å². The number of hydrogen-bond donors (Lipinski definition) is 0. The van der Waals surface area contributed by atoms with E-state index in [1.54, 1.807) is 17.9 Å². The Labute approximate surface area is 143 Å². The summed E-state index contributed by atoms with van der Waals surface area (Å²) in [7, 11) is 1.79. The number of rotatable bonds is 4. The summed E-state index contributed by atoms with van der Waals surface area (Å²) >= 11 is 0. The quantitative estimate of drug-likeness (QED) is 0.482. The molecule has 2 aliphatic rings. The van der Waals surface area contributed by atoms with Crippen LogP contribution in [-0.4, -0.2) is 21.0 Å². The molecule has 24 heavy (non-hydrogen) atoms. The van der Waals surface area contributed by atoms with Crippen molar-refractivity contribution in [3.63, 3.8) is 0 Å². The van der Waals surface area contributed by atoms with Gasteiger partial charge in [-0.2, -0.15) is 0 Å². The highest BCUT2D eigenvalue weighted by molar-refractivity contribution is 5.88. The van der Waals surface area contributed by atoms with Crippen molar-refractivity contribution in [1.29, 1.82) is 0 Å². The van der Waals surface area contributed by atoms with Gasteiger partial charge in [0.2, 0.25) is 0 Å². The molecule has 1 saturated carbocycles. The Morgan fingerprint density at radius 1 is 1.42 bits per heavy atom. The van der Waals surface area contributed by atoms with E-state index in [9.17, 15) is 4.79 Å². The topological polar surface area (TPSA) is 57.0 Å². The number of nitrogens with zero attached hydrogens (tertiary/aromatic N) is 3. The standard InChI is InChI=1S/C19H27N3O2/c1-12-5-7-16-13(2)6-8-17(18(16)9-12)14(3)19(23)24-11-15-10-22(4)21-20-15/h9-10,13,16-18H,3,5-8,11H2,1-2,4H3/t13-,16+,17+,18+/m1/s1. The molecule has 0 aromatic carbocycles. The molecule has 1 aromatic heterocycles. The third-order valence-electron chi connectivity index (χ3n) is 5.68. The number of allylic oxidation sites excluding steroid dienone is 2. The van der Waals surface area contributed by atoms with Gasteiger partial charge in [0.25, 0.3) is 0 Å². The predicted molar refractivity (Wildman–Crippen MR) is 91.8 cm³/mol. The lowest BCUT2D eigenvalue weighted by Crippen LogP contribution is -2.36. The fourth-order valence-corrected chi connectivity index (χ4v) is 4.30. The van der Waals surface area contributed by atoms with Crippen LogP contribution in [-0.2, 0) is 23.2 Å². The van der Waals surface area contributed by atoms with Crippen LogP contribution in [0, 0.1) is 23.7 Å². The molecule has 0 amide bonds. The van der Waals surface area contributed by atoms with Crippen LogP contribution >= 0.6 is 0 Å². The summed E-state index contributed by atoms with van der Waals surface area (Å²) in [6.45, 7) is 8.78. The summed E-state index contributed by atoms with van der Waals surface area (Å²) in [6, 6.07) is 0. The number of aryl methyl sites for hydroxylation is 1. The zero-order chi connectivity index (χ0) is 17.3. The minimum absolute atomic E-state index is 0.151. The van der Waals surface area contributed by atoms with Crippen LogP contribution in [0.1, 0.15) is 45.2 Å². The van der Waals surface area contributed by atoms with E-state index in [-0.39, 0.29) is 18.5 Å². The monoisotopic (exact) mass is 329 g/mol. The molecule has 0 aliphatic heterocycles. The van der Waals surface area contributed by atoms with Crippen molar-refractivity contribution in [2.24, 2.45) is 30.7 Å². The number of esters is 1. The summed E-state index contributed by atoms with van der Waals surface area (Å²) in [5.74, 6) is 1.72. The van der Waals surface area contributed by atoms with Crippen LogP contribution in [0.2, 0.25) is 0 Å². The highest BCUT2D eigenvalue weighted by atomic mass is 16.5. The van der Waals surface area contributed by atoms with Crippen molar-refractivity contribution in [2.45, 2.75) is 46.1 Å². The molecular weight excluding hydrogens is 302 g/mol. The largest absolute Gasteiger partial charge is 0.456 e. The van der Waals surface area contributed by atoms with E-state index in [1.807, 2.05) is 0 Å². The molecule has 3 rings (SSSR count). The summed E-state index contributed by atoms with van der Waals surface area (Å²) in [6.07, 6.45) is 8.73. The lowest BCUT2D eigenvalue weighted by atomic mass is 9.61. The van der Waals surface area contributed by atoms with Crippen LogP contribution in [0.3, 0.4) is 0 Å². The number of carbonyl (C=O) groups is 1. The Balaban J connectivity index is 1.66. The number of aromatic nitrogens is 3. The summed E-state index contributed by atoms with van der Waals surface area (Å²) in [5.41, 5.74) is 2.71. The third-order valence-corrected chi connectivity index (χ3v) is 5.68. The molecule has 5 nitrogen and oxygen atoms in total. The zero-order valence-corrected chi connectivity index (χ0v) is 14.9. The molecule has 130 valence electrons. The predicted octanol–water partition coefficient (Wildman–Crippen LogP) is 3.43. The van der Waals surface area contributed by atoms with E-state index < -0.39 is 0 Å². The maximum Gasteiger partial charge on any atom is 0.334 e. The second-order valence-electron chi connectivity index (χ2n) is 7.44. The lowest BCUT2D eigenvalue weighted by Gasteiger charge is -2.43. The molecule has 1 aromatic rings.